The van der Waals surface area contributed by atoms with Gasteiger partial charge in [-0.1, -0.05) is 11.6 Å². The van der Waals surface area contributed by atoms with E-state index in [0.717, 1.165) is 24.2 Å². The first-order valence-corrected chi connectivity index (χ1v) is 5.06. The number of hydrogen-bond acceptors (Lipinski definition) is 4. The van der Waals surface area contributed by atoms with E-state index in [1.54, 1.807) is 0 Å². The molecule has 0 radical (unpaired) electrons. The molecule has 0 unspecified atom stereocenters. The lowest BCUT2D eigenvalue weighted by atomic mass is 10.00. The van der Waals surface area contributed by atoms with Crippen LogP contribution in [0.15, 0.2) is 0 Å². The molecule has 78 valence electrons. The summed E-state index contributed by atoms with van der Waals surface area (Å²) in [5.41, 5.74) is 8.34. The van der Waals surface area contributed by atoms with Crippen LogP contribution in [0.2, 0.25) is 5.15 Å². The summed E-state index contributed by atoms with van der Waals surface area (Å²) in [6, 6.07) is 2.11. The van der Waals surface area contributed by atoms with Crippen LogP contribution in [0, 0.1) is 11.3 Å². The van der Waals surface area contributed by atoms with Crippen LogP contribution in [0.5, 0.6) is 0 Å². The Labute approximate surface area is 93.3 Å². The fourth-order valence-corrected chi connectivity index (χ4v) is 2.00. The molecule has 4 nitrogen and oxygen atoms in total. The highest BCUT2D eigenvalue weighted by atomic mass is 35.5. The fourth-order valence-electron chi connectivity index (χ4n) is 1.81. The van der Waals surface area contributed by atoms with Gasteiger partial charge in [0.1, 0.15) is 6.07 Å². The summed E-state index contributed by atoms with van der Waals surface area (Å²) in [5.74, 6) is 0. The molecule has 0 atom stereocenters. The normalized spacial score (nSPS) is 15.8. The minimum atomic E-state index is 0.245. The minimum Gasteiger partial charge on any atom is -0.395 e. The number of nitrogens with two attached hydrogens (primary N) is 1. The maximum Gasteiger partial charge on any atom is 0.153 e. The Balaban J connectivity index is 2.63. The first-order valence-electron chi connectivity index (χ1n) is 4.69. The van der Waals surface area contributed by atoms with Crippen molar-refractivity contribution in [3.8, 4) is 6.07 Å². The second kappa shape index (κ2) is 3.69. The molecule has 0 aromatic carbocycles. The number of nitrogens with zero attached hydrogens (tertiary/aromatic N) is 3. The molecule has 1 aliphatic heterocycles. The number of halogens is 1. The van der Waals surface area contributed by atoms with Gasteiger partial charge >= 0.3 is 0 Å². The van der Waals surface area contributed by atoms with Gasteiger partial charge in [0.15, 0.2) is 5.15 Å². The van der Waals surface area contributed by atoms with Crippen molar-refractivity contribution in [2.75, 3.05) is 19.3 Å². The molecular formula is C10H11ClN4. The maximum atomic E-state index is 9.05. The number of hydrogen-bond donors (Lipinski definition) is 1. The molecule has 1 aromatic rings. The molecule has 2 rings (SSSR count). The van der Waals surface area contributed by atoms with Crippen LogP contribution in [-0.4, -0.2) is 23.5 Å². The summed E-state index contributed by atoms with van der Waals surface area (Å²) >= 11 is 5.87. The predicted molar refractivity (Wildman–Crippen MR) is 58.4 cm³/mol. The van der Waals surface area contributed by atoms with Gasteiger partial charge in [0, 0.05) is 30.8 Å². The molecular weight excluding hydrogens is 212 g/mol. The number of rotatable bonds is 0. The highest BCUT2D eigenvalue weighted by Gasteiger charge is 2.21. The fraction of sp³-hybridized carbons (Fsp3) is 0.400. The summed E-state index contributed by atoms with van der Waals surface area (Å²) in [6.45, 7) is 1.65. The van der Waals surface area contributed by atoms with Crippen molar-refractivity contribution >= 4 is 17.3 Å². The van der Waals surface area contributed by atoms with E-state index in [0.29, 0.717) is 17.8 Å². The summed E-state index contributed by atoms with van der Waals surface area (Å²) < 4.78 is 0. The zero-order valence-corrected chi connectivity index (χ0v) is 9.17. The Hall–Kier alpha value is -1.31. The topological polar surface area (TPSA) is 65.9 Å². The second-order valence-corrected chi connectivity index (χ2v) is 4.07. The Morgan fingerprint density at radius 3 is 3.00 bits per heavy atom. The quantitative estimate of drug-likeness (QED) is 0.670. The maximum absolute atomic E-state index is 9.05. The number of nitrogen functional groups attached to an aromatic ring is 1. The van der Waals surface area contributed by atoms with E-state index in [-0.39, 0.29) is 5.15 Å². The molecule has 0 fully saturated rings. The lowest BCUT2D eigenvalue weighted by molar-refractivity contribution is 0.309. The van der Waals surface area contributed by atoms with Gasteiger partial charge in [-0.3, -0.25) is 0 Å². The third-order valence-corrected chi connectivity index (χ3v) is 2.93. The number of aromatic nitrogens is 1. The SMILES string of the molecule is CN1CCc2nc(Cl)c(N)c(C#N)c2C1. The summed E-state index contributed by atoms with van der Waals surface area (Å²) in [4.78, 5) is 6.36. The van der Waals surface area contributed by atoms with Crippen LogP contribution in [-0.2, 0) is 13.0 Å². The number of fused-ring (bicyclic) bond motifs is 1. The van der Waals surface area contributed by atoms with Crippen LogP contribution in [0.1, 0.15) is 16.8 Å². The van der Waals surface area contributed by atoms with Crippen LogP contribution in [0.25, 0.3) is 0 Å². The number of anilines is 1. The van der Waals surface area contributed by atoms with Gasteiger partial charge in [0.2, 0.25) is 0 Å². The first-order chi connectivity index (χ1) is 7.13. The Kier molecular flexibility index (Phi) is 2.51. The van der Waals surface area contributed by atoms with Crippen LogP contribution < -0.4 is 5.73 Å². The van der Waals surface area contributed by atoms with Crippen LogP contribution >= 0.6 is 11.6 Å². The molecule has 0 spiro atoms. The second-order valence-electron chi connectivity index (χ2n) is 3.72. The van der Waals surface area contributed by atoms with Gasteiger partial charge in [-0.25, -0.2) is 4.98 Å². The number of nitriles is 1. The average Bonchev–Trinajstić information content (AvgIpc) is 2.21. The highest BCUT2D eigenvalue weighted by molar-refractivity contribution is 6.32. The average molecular weight is 223 g/mol. The van der Waals surface area contributed by atoms with Crippen molar-refractivity contribution in [2.24, 2.45) is 0 Å². The van der Waals surface area contributed by atoms with E-state index in [1.807, 2.05) is 7.05 Å². The van der Waals surface area contributed by atoms with E-state index in [1.165, 1.54) is 0 Å². The highest BCUT2D eigenvalue weighted by Crippen LogP contribution is 2.29. The third kappa shape index (κ3) is 1.65. The smallest absolute Gasteiger partial charge is 0.153 e. The first kappa shape index (κ1) is 10.2. The van der Waals surface area contributed by atoms with Crippen molar-refractivity contribution in [2.45, 2.75) is 13.0 Å². The Bertz CT molecular complexity index is 450. The third-order valence-electron chi connectivity index (χ3n) is 2.64. The van der Waals surface area contributed by atoms with E-state index in [9.17, 15) is 0 Å². The van der Waals surface area contributed by atoms with E-state index in [4.69, 9.17) is 22.6 Å². The lowest BCUT2D eigenvalue weighted by Crippen LogP contribution is -2.28. The number of pyridine rings is 1. The van der Waals surface area contributed by atoms with Crippen molar-refractivity contribution in [3.05, 3.63) is 22.0 Å². The molecule has 2 N–H and O–H groups in total. The molecule has 5 heteroatoms. The summed E-state index contributed by atoms with van der Waals surface area (Å²) in [7, 11) is 2.01. The van der Waals surface area contributed by atoms with Crippen molar-refractivity contribution in [3.63, 3.8) is 0 Å². The predicted octanol–water partition coefficient (Wildman–Crippen LogP) is 1.18. The molecule has 0 amide bonds. The Morgan fingerprint density at radius 1 is 1.60 bits per heavy atom. The number of likely N-dealkylation sites (N-methyl/N-ethyl adjacent to an activating group) is 1. The summed E-state index contributed by atoms with van der Waals surface area (Å²) in [6.07, 6.45) is 0.820. The zero-order chi connectivity index (χ0) is 11.0. The van der Waals surface area contributed by atoms with Gasteiger partial charge < -0.3 is 10.6 Å². The standard InChI is InChI=1S/C10H11ClN4/c1-15-3-2-8-7(5-15)6(4-12)9(13)10(11)14-8/h2-3,5,13H2,1H3. The molecule has 15 heavy (non-hydrogen) atoms. The Morgan fingerprint density at radius 2 is 2.33 bits per heavy atom. The van der Waals surface area contributed by atoms with E-state index >= 15 is 0 Å². The molecule has 0 bridgehead atoms. The van der Waals surface area contributed by atoms with Crippen molar-refractivity contribution in [1.29, 1.82) is 5.26 Å². The van der Waals surface area contributed by atoms with Crippen molar-refractivity contribution < 1.29 is 0 Å². The summed E-state index contributed by atoms with van der Waals surface area (Å²) in [5, 5.41) is 9.30. The monoisotopic (exact) mass is 222 g/mol. The molecule has 2 heterocycles. The van der Waals surface area contributed by atoms with E-state index in [2.05, 4.69) is 16.0 Å². The molecule has 0 saturated heterocycles. The van der Waals surface area contributed by atoms with Gasteiger partial charge in [0.05, 0.1) is 11.3 Å². The minimum absolute atomic E-state index is 0.245. The lowest BCUT2D eigenvalue weighted by Gasteiger charge is -2.25. The van der Waals surface area contributed by atoms with Crippen molar-refractivity contribution in [1.82, 2.24) is 9.88 Å². The van der Waals surface area contributed by atoms with Crippen LogP contribution in [0.4, 0.5) is 5.69 Å². The molecule has 0 aliphatic carbocycles. The van der Waals surface area contributed by atoms with Gasteiger partial charge in [-0.05, 0) is 7.05 Å². The zero-order valence-electron chi connectivity index (χ0n) is 8.42. The molecule has 0 saturated carbocycles. The molecule has 1 aromatic heterocycles. The largest absolute Gasteiger partial charge is 0.395 e. The van der Waals surface area contributed by atoms with Crippen LogP contribution in [0.3, 0.4) is 0 Å². The van der Waals surface area contributed by atoms with E-state index < -0.39 is 0 Å². The van der Waals surface area contributed by atoms with Gasteiger partial charge in [-0.15, -0.1) is 0 Å². The van der Waals surface area contributed by atoms with Gasteiger partial charge in [0.25, 0.3) is 0 Å². The molecule has 1 aliphatic rings. The van der Waals surface area contributed by atoms with Gasteiger partial charge in [-0.2, -0.15) is 5.26 Å².